The molecule has 0 spiro atoms. The maximum Gasteiger partial charge on any atom is 0.314 e. The van der Waals surface area contributed by atoms with Crippen molar-refractivity contribution in [3.05, 3.63) is 20.8 Å². The molecule has 1 saturated heterocycles. The predicted molar refractivity (Wildman–Crippen MR) is 114 cm³/mol. The molecule has 40 heavy (non-hydrogen) atoms. The molecule has 232 valence electrons. The van der Waals surface area contributed by atoms with Gasteiger partial charge in [0.05, 0.1) is 25.7 Å². The van der Waals surface area contributed by atoms with Crippen LogP contribution >= 0.6 is 0 Å². The number of hydrogen-bond donors (Lipinski definition) is 9. The van der Waals surface area contributed by atoms with Gasteiger partial charge in [0.1, 0.15) is 38.9 Å². The van der Waals surface area contributed by atoms with E-state index in [1.165, 1.54) is 0 Å². The number of quaternary nitrogens is 4. The first-order valence-electron chi connectivity index (χ1n) is 11.6. The highest BCUT2D eigenvalue weighted by atomic mass is 16.8. The first-order valence-corrected chi connectivity index (χ1v) is 11.6. The van der Waals surface area contributed by atoms with E-state index in [1.54, 1.807) is 0 Å². The Hall–Kier alpha value is -2.68. The van der Waals surface area contributed by atoms with Crippen LogP contribution < -0.4 is 20.9 Å². The summed E-state index contributed by atoms with van der Waals surface area (Å²) in [7, 11) is 0. The molecule has 1 fully saturated rings. The average molecular weight is 592 g/mol. The summed E-state index contributed by atoms with van der Waals surface area (Å²) in [6.45, 7) is -3.49. The third-order valence-electron chi connectivity index (χ3n) is 4.98. The molecule has 1 aliphatic heterocycles. The van der Waals surface area contributed by atoms with Crippen molar-refractivity contribution >= 4 is 23.9 Å². The van der Waals surface area contributed by atoms with Gasteiger partial charge in [-0.3, -0.25) is 19.2 Å². The second-order valence-corrected chi connectivity index (χ2v) is 8.19. The Morgan fingerprint density at radius 3 is 1.43 bits per heavy atom. The summed E-state index contributed by atoms with van der Waals surface area (Å²) >= 11 is 0. The Bertz CT molecular complexity index is 788. The van der Waals surface area contributed by atoms with Gasteiger partial charge in [0.25, 0.3) is 0 Å². The molecule has 0 bridgehead atoms. The minimum atomic E-state index is -2.11. The van der Waals surface area contributed by atoms with Gasteiger partial charge in [-0.2, -0.15) is 0 Å². The lowest BCUT2D eigenvalue weighted by atomic mass is 9.98. The summed E-state index contributed by atoms with van der Waals surface area (Å²) in [5.74, 6) is -4.64. The lowest BCUT2D eigenvalue weighted by Gasteiger charge is -2.42. The number of aliphatic hydroxyl groups excluding tert-OH is 1. The second-order valence-electron chi connectivity index (χ2n) is 8.19. The number of carbonyl (C=O) groups is 4. The van der Waals surface area contributed by atoms with E-state index in [9.17, 15) is 45.1 Å². The number of rotatable bonds is 17. The van der Waals surface area contributed by atoms with E-state index in [0.717, 1.165) is 0 Å². The van der Waals surface area contributed by atoms with Crippen molar-refractivity contribution in [3.63, 3.8) is 0 Å². The molecule has 0 aromatic rings. The minimum Gasteiger partial charge on any atom is -0.600 e. The van der Waals surface area contributed by atoms with Gasteiger partial charge < -0.3 is 49.6 Å². The Morgan fingerprint density at radius 2 is 1.00 bits per heavy atom. The third kappa shape index (κ3) is 14.1. The zero-order chi connectivity index (χ0) is 30.4. The Morgan fingerprint density at radius 1 is 0.625 bits per heavy atom. The van der Waals surface area contributed by atoms with Gasteiger partial charge in [0, 0.05) is 0 Å². The van der Waals surface area contributed by atoms with Crippen molar-refractivity contribution in [2.45, 2.75) is 56.4 Å². The monoisotopic (exact) mass is 592 g/mol. The zero-order valence-corrected chi connectivity index (χ0v) is 20.8. The number of hydrogen-bond acceptors (Lipinski definition) is 18. The molecule has 0 saturated carbocycles. The van der Waals surface area contributed by atoms with Crippen molar-refractivity contribution < 1.29 is 89.7 Å². The normalized spacial score (nSPS) is 25.7. The molecule has 0 amide bonds. The van der Waals surface area contributed by atoms with Crippen LogP contribution in [0.5, 0.6) is 0 Å². The second kappa shape index (κ2) is 17.9. The summed E-state index contributed by atoms with van der Waals surface area (Å²) < 4.78 is 25.4. The Labute approximate surface area is 224 Å². The minimum absolute atomic E-state index is 0.588. The van der Waals surface area contributed by atoms with Gasteiger partial charge in [-0.25, -0.2) is 41.7 Å². The maximum absolute atomic E-state index is 12.3. The fourth-order valence-corrected chi connectivity index (χ4v) is 3.10. The Kier molecular flexibility index (Phi) is 15.8. The summed E-state index contributed by atoms with van der Waals surface area (Å²) in [5.41, 5.74) is 0. The lowest BCUT2D eigenvalue weighted by Crippen LogP contribution is -3.04. The van der Waals surface area contributed by atoms with Crippen molar-refractivity contribution in [2.75, 3.05) is 32.8 Å². The quantitative estimate of drug-likeness (QED) is 0.0430. The third-order valence-corrected chi connectivity index (χ3v) is 4.98. The van der Waals surface area contributed by atoms with Crippen molar-refractivity contribution in [3.8, 4) is 0 Å². The predicted octanol–water partition coefficient (Wildman–Crippen LogP) is -8.37. The summed E-state index contributed by atoms with van der Waals surface area (Å²) in [5, 5.41) is 83.4. The first kappa shape index (κ1) is 35.3. The van der Waals surface area contributed by atoms with Crippen LogP contribution in [0.25, 0.3) is 0 Å². The zero-order valence-electron chi connectivity index (χ0n) is 20.8. The molecule has 1 heterocycles. The molecular weight excluding hydrogens is 560 g/mol. The highest BCUT2D eigenvalue weighted by Gasteiger charge is 2.51. The molecule has 9 N–H and O–H groups in total. The van der Waals surface area contributed by atoms with Gasteiger partial charge in [0.2, 0.25) is 6.29 Å². The van der Waals surface area contributed by atoms with Crippen LogP contribution in [0, 0.1) is 20.8 Å². The standard InChI is InChI=1S/C18H32N4O18/c23-11(1-5-19(28)29)36-9-10-16(38-12(24)2-6-20(30)31)17(39-13(25)3-7-21(32)33)15(27)18(37-10)40-14(26)4-8-22(34)35/h10,15-22,27-28,30,32,34H,1-9H2/t10-,15-,16-,17-,18+/m1/s1. The fourth-order valence-electron chi connectivity index (χ4n) is 3.10. The van der Waals surface area contributed by atoms with Crippen LogP contribution in [0.4, 0.5) is 0 Å². The van der Waals surface area contributed by atoms with Gasteiger partial charge in [0.15, 0.2) is 18.3 Å². The molecule has 4 unspecified atom stereocenters. The number of hydroxylamine groups is 8. The van der Waals surface area contributed by atoms with Crippen LogP contribution in [0.2, 0.25) is 0 Å². The number of ether oxygens (including phenoxy) is 5. The van der Waals surface area contributed by atoms with Crippen molar-refractivity contribution in [1.82, 2.24) is 0 Å². The molecule has 1 aliphatic rings. The number of aliphatic hydroxyl groups is 1. The van der Waals surface area contributed by atoms with Crippen molar-refractivity contribution in [1.29, 1.82) is 0 Å². The van der Waals surface area contributed by atoms with Gasteiger partial charge in [-0.05, 0) is 0 Å². The number of esters is 4. The van der Waals surface area contributed by atoms with E-state index >= 15 is 0 Å². The number of nitrogens with one attached hydrogen (secondary N) is 4. The summed E-state index contributed by atoms with van der Waals surface area (Å²) in [6.07, 6.45) is -12.2. The average Bonchev–Trinajstić information content (AvgIpc) is 2.86. The summed E-state index contributed by atoms with van der Waals surface area (Å²) in [4.78, 5) is 48.5. The largest absolute Gasteiger partial charge is 0.600 e. The maximum atomic E-state index is 12.3. The van der Waals surface area contributed by atoms with Crippen LogP contribution in [-0.2, 0) is 42.9 Å². The molecule has 0 aromatic heterocycles. The van der Waals surface area contributed by atoms with Gasteiger partial charge >= 0.3 is 23.9 Å². The summed E-state index contributed by atoms with van der Waals surface area (Å²) in [6, 6.07) is 0. The highest BCUT2D eigenvalue weighted by Crippen LogP contribution is 2.28. The molecule has 1 rings (SSSR count). The Balaban J connectivity index is 3.21. The van der Waals surface area contributed by atoms with Crippen LogP contribution in [-0.4, -0.2) is 113 Å². The van der Waals surface area contributed by atoms with E-state index < -0.39 is 134 Å². The van der Waals surface area contributed by atoms with E-state index in [1.807, 2.05) is 0 Å². The van der Waals surface area contributed by atoms with E-state index in [2.05, 4.69) is 0 Å². The first-order chi connectivity index (χ1) is 18.7. The molecule has 0 radical (unpaired) electrons. The highest BCUT2D eigenvalue weighted by molar-refractivity contribution is 5.71. The van der Waals surface area contributed by atoms with Crippen LogP contribution in [0.1, 0.15) is 25.7 Å². The smallest absolute Gasteiger partial charge is 0.314 e. The SMILES string of the molecule is O=C(CC[NH+]([O-])O)OC[C@H]1O[C@@H](OC(=O)CC[NH+]([O-])O)[C@H](O)[C@@H](OC(=O)CC[NH+]([O-])O)[C@@H]1OC(=O)CC[NH+]([O-])O. The lowest BCUT2D eigenvalue weighted by molar-refractivity contribution is -1.05. The van der Waals surface area contributed by atoms with E-state index in [-0.39, 0.29) is 0 Å². The molecular formula is C18H32N4O18. The molecule has 9 atom stereocenters. The molecule has 0 aromatic carbocycles. The van der Waals surface area contributed by atoms with Crippen LogP contribution in [0.15, 0.2) is 0 Å². The van der Waals surface area contributed by atoms with Gasteiger partial charge in [-0.15, -0.1) is 0 Å². The fraction of sp³-hybridized carbons (Fsp3) is 0.778. The van der Waals surface area contributed by atoms with Gasteiger partial charge in [-0.1, -0.05) is 0 Å². The van der Waals surface area contributed by atoms with Crippen LogP contribution in [0.3, 0.4) is 0 Å². The molecule has 0 aliphatic carbocycles. The van der Waals surface area contributed by atoms with Crippen molar-refractivity contribution in [2.24, 2.45) is 0 Å². The topological polar surface area (TPSA) is 326 Å². The van der Waals surface area contributed by atoms with E-state index in [4.69, 9.17) is 44.5 Å². The number of carbonyl (C=O) groups excluding carboxylic acids is 4. The molecule has 22 heteroatoms. The van der Waals surface area contributed by atoms with E-state index in [0.29, 0.717) is 0 Å². The molecule has 22 nitrogen and oxygen atoms in total.